The van der Waals surface area contributed by atoms with Gasteiger partial charge in [0.05, 0.1) is 0 Å². The number of nitrogens with one attached hydrogen (secondary N) is 2. The number of H-pyrrole nitrogens is 2. The van der Waals surface area contributed by atoms with Gasteiger partial charge in [-0.2, -0.15) is 0 Å². The van der Waals surface area contributed by atoms with E-state index >= 15 is 0 Å². The Hall–Kier alpha value is -1.72. The largest absolute Gasteiger partial charge is 0.334 e. The monoisotopic (exact) mass is 287 g/mol. The summed E-state index contributed by atoms with van der Waals surface area (Å²) in [6.07, 6.45) is 0.767. The second kappa shape index (κ2) is 5.34. The van der Waals surface area contributed by atoms with Gasteiger partial charge in [0.15, 0.2) is 4.77 Å². The molecule has 4 nitrogen and oxygen atoms in total. The predicted molar refractivity (Wildman–Crippen MR) is 81.2 cm³/mol. The van der Waals surface area contributed by atoms with Crippen molar-refractivity contribution in [2.45, 2.75) is 26.4 Å². The van der Waals surface area contributed by atoms with Gasteiger partial charge in [0.25, 0.3) is 5.56 Å². The highest BCUT2D eigenvalue weighted by atomic mass is 32.1. The van der Waals surface area contributed by atoms with E-state index in [2.05, 4.69) is 46.1 Å². The van der Waals surface area contributed by atoms with Crippen LogP contribution in [0.4, 0.5) is 0 Å². The number of benzene rings is 1. The Morgan fingerprint density at radius 2 is 2.10 bits per heavy atom. The third-order valence-electron chi connectivity index (χ3n) is 3.84. The Kier molecular flexibility index (Phi) is 3.54. The van der Waals surface area contributed by atoms with Crippen LogP contribution in [0.3, 0.4) is 0 Å². The zero-order valence-electron chi connectivity index (χ0n) is 11.4. The molecule has 1 aromatic carbocycles. The van der Waals surface area contributed by atoms with Gasteiger partial charge < -0.3 is 4.98 Å². The maximum absolute atomic E-state index is 11.8. The number of aryl methyl sites for hydroxylation is 1. The Morgan fingerprint density at radius 1 is 1.30 bits per heavy atom. The summed E-state index contributed by atoms with van der Waals surface area (Å²) in [7, 11) is 0. The van der Waals surface area contributed by atoms with Gasteiger partial charge in [-0.05, 0) is 36.7 Å². The molecule has 0 amide bonds. The summed E-state index contributed by atoms with van der Waals surface area (Å²) in [4.78, 5) is 20.0. The molecule has 3 rings (SSSR count). The smallest absolute Gasteiger partial charge is 0.255 e. The summed E-state index contributed by atoms with van der Waals surface area (Å²) in [5.74, 6) is 0. The van der Waals surface area contributed by atoms with Gasteiger partial charge >= 0.3 is 0 Å². The van der Waals surface area contributed by atoms with Crippen molar-refractivity contribution in [2.24, 2.45) is 0 Å². The molecule has 2 N–H and O–H groups in total. The van der Waals surface area contributed by atoms with Gasteiger partial charge in [-0.15, -0.1) is 0 Å². The van der Waals surface area contributed by atoms with Gasteiger partial charge in [-0.25, -0.2) is 0 Å². The predicted octanol–water partition coefficient (Wildman–Crippen LogP) is 2.30. The molecule has 1 aliphatic heterocycles. The molecule has 1 aromatic heterocycles. The maximum atomic E-state index is 11.8. The molecule has 0 radical (unpaired) electrons. The van der Waals surface area contributed by atoms with Gasteiger partial charge in [0.1, 0.15) is 0 Å². The average molecular weight is 287 g/mol. The summed E-state index contributed by atoms with van der Waals surface area (Å²) in [5.41, 5.74) is 4.40. The fourth-order valence-corrected chi connectivity index (χ4v) is 2.91. The van der Waals surface area contributed by atoms with Crippen LogP contribution in [0.1, 0.15) is 22.4 Å². The van der Waals surface area contributed by atoms with Crippen LogP contribution in [0.2, 0.25) is 0 Å². The molecule has 0 aliphatic carbocycles. The van der Waals surface area contributed by atoms with E-state index in [1.165, 1.54) is 11.1 Å². The van der Waals surface area contributed by atoms with Crippen LogP contribution >= 0.6 is 12.2 Å². The molecule has 0 fully saturated rings. The van der Waals surface area contributed by atoms with Crippen LogP contribution in [-0.4, -0.2) is 21.4 Å². The van der Waals surface area contributed by atoms with E-state index in [1.54, 1.807) is 0 Å². The first-order valence-electron chi connectivity index (χ1n) is 6.74. The number of hydrogen-bond donors (Lipinski definition) is 2. The lowest BCUT2D eigenvalue weighted by atomic mass is 10.0. The lowest BCUT2D eigenvalue weighted by molar-refractivity contribution is 0.240. The third-order valence-corrected chi connectivity index (χ3v) is 4.05. The quantitative estimate of drug-likeness (QED) is 0.833. The molecule has 0 atom stereocenters. The second-order valence-electron chi connectivity index (χ2n) is 5.25. The molecular weight excluding hydrogens is 270 g/mol. The number of hydrogen-bond acceptors (Lipinski definition) is 3. The first kappa shape index (κ1) is 13.3. The number of aromatic nitrogens is 2. The molecule has 0 bridgehead atoms. The van der Waals surface area contributed by atoms with Crippen molar-refractivity contribution >= 4 is 12.2 Å². The summed E-state index contributed by atoms with van der Waals surface area (Å²) in [6.45, 7) is 4.68. The van der Waals surface area contributed by atoms with Crippen LogP contribution in [0.25, 0.3) is 0 Å². The molecule has 5 heteroatoms. The normalized spacial score (nSPS) is 15.1. The maximum Gasteiger partial charge on any atom is 0.255 e. The molecule has 0 saturated heterocycles. The fourth-order valence-electron chi connectivity index (χ4n) is 2.69. The lowest BCUT2D eigenvalue weighted by Gasteiger charge is -2.28. The van der Waals surface area contributed by atoms with Crippen LogP contribution in [0, 0.1) is 11.7 Å². The molecule has 20 heavy (non-hydrogen) atoms. The van der Waals surface area contributed by atoms with Crippen molar-refractivity contribution in [1.29, 1.82) is 0 Å². The highest BCUT2D eigenvalue weighted by Gasteiger charge is 2.19. The first-order valence-corrected chi connectivity index (χ1v) is 7.15. The van der Waals surface area contributed by atoms with Crippen molar-refractivity contribution < 1.29 is 0 Å². The molecule has 1 aliphatic rings. The SMILES string of the molecule is Cc1ccccc1CN1CCc2c([nH]c(=S)[nH]c2=O)C1. The molecule has 0 spiro atoms. The minimum absolute atomic E-state index is 0.0423. The average Bonchev–Trinajstić information content (AvgIpc) is 2.41. The molecule has 104 valence electrons. The van der Waals surface area contributed by atoms with E-state index in [0.717, 1.165) is 37.3 Å². The van der Waals surface area contributed by atoms with Crippen molar-refractivity contribution in [3.8, 4) is 0 Å². The highest BCUT2D eigenvalue weighted by Crippen LogP contribution is 2.17. The topological polar surface area (TPSA) is 51.9 Å². The Balaban J connectivity index is 1.84. The van der Waals surface area contributed by atoms with Crippen molar-refractivity contribution in [3.05, 3.63) is 61.8 Å². The van der Waals surface area contributed by atoms with Crippen LogP contribution in [0.5, 0.6) is 0 Å². The fraction of sp³-hybridized carbons (Fsp3) is 0.333. The van der Waals surface area contributed by atoms with Crippen molar-refractivity contribution in [3.63, 3.8) is 0 Å². The minimum Gasteiger partial charge on any atom is -0.334 e. The van der Waals surface area contributed by atoms with E-state index in [0.29, 0.717) is 4.77 Å². The summed E-state index contributed by atoms with van der Waals surface area (Å²) < 4.78 is 0.409. The zero-order valence-corrected chi connectivity index (χ0v) is 12.2. The Labute approximate surface area is 122 Å². The Morgan fingerprint density at radius 3 is 2.90 bits per heavy atom. The van der Waals surface area contributed by atoms with E-state index in [4.69, 9.17) is 12.2 Å². The molecule has 2 aromatic rings. The number of aromatic amines is 2. The van der Waals surface area contributed by atoms with Gasteiger partial charge in [0, 0.05) is 30.9 Å². The standard InChI is InChI=1S/C15H17N3OS/c1-10-4-2-3-5-11(10)8-18-7-6-12-13(9-18)16-15(20)17-14(12)19/h2-5H,6-9H2,1H3,(H2,16,17,19,20). The zero-order chi connectivity index (χ0) is 14.1. The second-order valence-corrected chi connectivity index (χ2v) is 5.66. The third kappa shape index (κ3) is 2.59. The number of nitrogens with zero attached hydrogens (tertiary/aromatic N) is 1. The Bertz CT molecular complexity index is 747. The molecule has 0 saturated carbocycles. The molecule has 2 heterocycles. The first-order chi connectivity index (χ1) is 9.63. The minimum atomic E-state index is -0.0423. The van der Waals surface area contributed by atoms with E-state index in [-0.39, 0.29) is 5.56 Å². The van der Waals surface area contributed by atoms with E-state index in [1.807, 2.05) is 0 Å². The van der Waals surface area contributed by atoms with E-state index in [9.17, 15) is 4.79 Å². The summed E-state index contributed by atoms with van der Waals surface area (Å²) in [6, 6.07) is 8.41. The highest BCUT2D eigenvalue weighted by molar-refractivity contribution is 7.71. The lowest BCUT2D eigenvalue weighted by Crippen LogP contribution is -2.35. The van der Waals surface area contributed by atoms with E-state index < -0.39 is 0 Å². The van der Waals surface area contributed by atoms with Crippen molar-refractivity contribution in [1.82, 2.24) is 14.9 Å². The molecular formula is C15H17N3OS. The number of fused-ring (bicyclic) bond motifs is 1. The van der Waals surface area contributed by atoms with Crippen LogP contribution in [0.15, 0.2) is 29.1 Å². The van der Waals surface area contributed by atoms with Crippen molar-refractivity contribution in [2.75, 3.05) is 6.54 Å². The van der Waals surface area contributed by atoms with Gasteiger partial charge in [-0.1, -0.05) is 24.3 Å². The summed E-state index contributed by atoms with van der Waals surface area (Å²) in [5, 5.41) is 0. The number of rotatable bonds is 2. The van der Waals surface area contributed by atoms with Gasteiger partial charge in [0.2, 0.25) is 0 Å². The van der Waals surface area contributed by atoms with Crippen LogP contribution in [-0.2, 0) is 19.5 Å². The van der Waals surface area contributed by atoms with Gasteiger partial charge in [-0.3, -0.25) is 14.7 Å². The summed E-state index contributed by atoms with van der Waals surface area (Å²) >= 11 is 5.04. The molecule has 0 unspecified atom stereocenters. The van der Waals surface area contributed by atoms with Crippen LogP contribution < -0.4 is 5.56 Å².